The largest absolute Gasteiger partial charge is 0.445 e. The van der Waals surface area contributed by atoms with Gasteiger partial charge in [0.05, 0.1) is 12.3 Å². The average molecular weight is 361 g/mol. The number of piperidine rings is 1. The van der Waals surface area contributed by atoms with Gasteiger partial charge in [0.25, 0.3) is 0 Å². The number of H-pyrrole nitrogens is 1. The maximum atomic E-state index is 12.2. The number of ether oxygens (including phenoxy) is 1. The predicted molar refractivity (Wildman–Crippen MR) is 96.7 cm³/mol. The zero-order valence-corrected chi connectivity index (χ0v) is 15.1. The van der Waals surface area contributed by atoms with Crippen molar-refractivity contribution in [2.24, 2.45) is 0 Å². The molecule has 1 aliphatic heterocycles. The average Bonchev–Trinajstić information content (AvgIpc) is 2.93. The van der Waals surface area contributed by atoms with Crippen molar-refractivity contribution in [1.82, 2.24) is 14.5 Å². The Morgan fingerprint density at radius 1 is 1.32 bits per heavy atom. The van der Waals surface area contributed by atoms with Crippen molar-refractivity contribution in [2.45, 2.75) is 39.0 Å². The Balaban J connectivity index is 1.57. The lowest BCUT2D eigenvalue weighted by Crippen LogP contribution is -2.39. The van der Waals surface area contributed by atoms with Crippen molar-refractivity contribution in [3.63, 3.8) is 0 Å². The zero-order chi connectivity index (χ0) is 17.8. The standard InChI is InChI=1S/C18H23N3O3S/c1-13-16(11-22)21(17(25)19-13)15-7-9-20(10-8-15)18(23)24-12-14-5-3-2-4-6-14/h2-6,15,22H,7-12H2,1H3,(H,19,25). The number of aromatic amines is 1. The number of rotatable bonds is 4. The van der Waals surface area contributed by atoms with Crippen molar-refractivity contribution >= 4 is 18.3 Å². The predicted octanol–water partition coefficient (Wildman–Crippen LogP) is 3.32. The lowest BCUT2D eigenvalue weighted by molar-refractivity contribution is 0.0824. The van der Waals surface area contributed by atoms with Crippen molar-refractivity contribution in [1.29, 1.82) is 0 Å². The van der Waals surface area contributed by atoms with Crippen LogP contribution in [0.1, 0.15) is 35.8 Å². The molecular weight excluding hydrogens is 338 g/mol. The van der Waals surface area contributed by atoms with E-state index in [1.807, 2.05) is 41.8 Å². The van der Waals surface area contributed by atoms with E-state index >= 15 is 0 Å². The molecule has 0 spiro atoms. The normalized spacial score (nSPS) is 15.4. The molecule has 0 atom stereocenters. The van der Waals surface area contributed by atoms with E-state index in [1.165, 1.54) is 0 Å². The molecule has 1 aromatic heterocycles. The SMILES string of the molecule is Cc1[nH]c(=S)n(C2CCN(C(=O)OCc3ccccc3)CC2)c1CO. The minimum Gasteiger partial charge on any atom is -0.445 e. The second-order valence-electron chi connectivity index (χ2n) is 6.29. The summed E-state index contributed by atoms with van der Waals surface area (Å²) < 4.78 is 8.02. The number of carbonyl (C=O) groups is 1. The third-order valence-corrected chi connectivity index (χ3v) is 4.98. The number of amides is 1. The van der Waals surface area contributed by atoms with Gasteiger partial charge in [0.1, 0.15) is 6.61 Å². The summed E-state index contributed by atoms with van der Waals surface area (Å²) in [7, 11) is 0. The van der Waals surface area contributed by atoms with Gasteiger partial charge in [0.2, 0.25) is 0 Å². The number of hydrogen-bond donors (Lipinski definition) is 2. The van der Waals surface area contributed by atoms with Gasteiger partial charge in [0, 0.05) is 24.8 Å². The molecule has 7 heteroatoms. The molecule has 2 N–H and O–H groups in total. The molecule has 1 saturated heterocycles. The number of aryl methyl sites for hydroxylation is 1. The minimum absolute atomic E-state index is 0.0433. The van der Waals surface area contributed by atoms with Crippen LogP contribution in [0.3, 0.4) is 0 Å². The summed E-state index contributed by atoms with van der Waals surface area (Å²) in [5.74, 6) is 0. The fourth-order valence-electron chi connectivity index (χ4n) is 3.29. The molecule has 0 unspecified atom stereocenters. The Morgan fingerprint density at radius 3 is 2.64 bits per heavy atom. The van der Waals surface area contributed by atoms with Gasteiger partial charge in [-0.05, 0) is 37.5 Å². The Morgan fingerprint density at radius 2 is 2.00 bits per heavy atom. The number of imidazole rings is 1. The molecule has 0 saturated carbocycles. The number of aliphatic hydroxyl groups excluding tert-OH is 1. The summed E-state index contributed by atoms with van der Waals surface area (Å²) >= 11 is 5.38. The van der Waals surface area contributed by atoms with Crippen LogP contribution in [0.25, 0.3) is 0 Å². The number of carbonyl (C=O) groups excluding carboxylic acids is 1. The summed E-state index contributed by atoms with van der Waals surface area (Å²) in [5, 5.41) is 9.59. The molecule has 1 fully saturated rings. The summed E-state index contributed by atoms with van der Waals surface area (Å²) in [6.07, 6.45) is 1.30. The molecule has 2 aromatic rings. The van der Waals surface area contributed by atoms with Gasteiger partial charge in [-0.2, -0.15) is 0 Å². The number of nitrogens with zero attached hydrogens (tertiary/aromatic N) is 2. The molecule has 3 rings (SSSR count). The molecule has 1 aliphatic rings. The van der Waals surface area contributed by atoms with Gasteiger partial charge in [-0.25, -0.2) is 4.79 Å². The van der Waals surface area contributed by atoms with Crippen molar-refractivity contribution < 1.29 is 14.6 Å². The number of benzene rings is 1. The smallest absolute Gasteiger partial charge is 0.410 e. The van der Waals surface area contributed by atoms with E-state index in [9.17, 15) is 9.90 Å². The summed E-state index contributed by atoms with van der Waals surface area (Å²) in [6.45, 7) is 3.40. The zero-order valence-electron chi connectivity index (χ0n) is 14.3. The topological polar surface area (TPSA) is 70.5 Å². The fourth-order valence-corrected chi connectivity index (χ4v) is 3.71. The maximum Gasteiger partial charge on any atom is 0.410 e. The van der Waals surface area contributed by atoms with Crippen LogP contribution < -0.4 is 0 Å². The van der Waals surface area contributed by atoms with Gasteiger partial charge in [-0.15, -0.1) is 0 Å². The summed E-state index contributed by atoms with van der Waals surface area (Å²) in [6, 6.07) is 9.85. The minimum atomic E-state index is -0.279. The Bertz CT molecular complexity index is 777. The fraction of sp³-hybridized carbons (Fsp3) is 0.444. The molecule has 6 nitrogen and oxygen atoms in total. The van der Waals surface area contributed by atoms with E-state index in [-0.39, 0.29) is 25.3 Å². The van der Waals surface area contributed by atoms with Crippen LogP contribution in [0, 0.1) is 11.7 Å². The molecule has 0 bridgehead atoms. The molecule has 0 aliphatic carbocycles. The highest BCUT2D eigenvalue weighted by Crippen LogP contribution is 2.26. The first-order valence-electron chi connectivity index (χ1n) is 8.46. The third kappa shape index (κ3) is 3.93. The molecule has 25 heavy (non-hydrogen) atoms. The van der Waals surface area contributed by atoms with Crippen LogP contribution in [-0.2, 0) is 18.0 Å². The first kappa shape index (κ1) is 17.7. The summed E-state index contributed by atoms with van der Waals surface area (Å²) in [5.41, 5.74) is 2.71. The Labute approximate surface area is 152 Å². The lowest BCUT2D eigenvalue weighted by atomic mass is 10.0. The summed E-state index contributed by atoms with van der Waals surface area (Å²) in [4.78, 5) is 17.1. The van der Waals surface area contributed by atoms with Gasteiger partial charge < -0.3 is 24.3 Å². The van der Waals surface area contributed by atoms with Gasteiger partial charge in [-0.3, -0.25) is 0 Å². The Kier molecular flexibility index (Phi) is 5.55. The molecular formula is C18H23N3O3S. The number of aliphatic hydroxyl groups is 1. The van der Waals surface area contributed by atoms with Crippen LogP contribution in [-0.4, -0.2) is 38.7 Å². The van der Waals surface area contributed by atoms with Crippen molar-refractivity contribution in [2.75, 3.05) is 13.1 Å². The highest BCUT2D eigenvalue weighted by Gasteiger charge is 2.26. The molecule has 2 heterocycles. The molecule has 134 valence electrons. The van der Waals surface area contributed by atoms with Crippen LogP contribution in [0.15, 0.2) is 30.3 Å². The number of nitrogens with one attached hydrogen (secondary N) is 1. The lowest BCUT2D eigenvalue weighted by Gasteiger charge is -2.32. The van der Waals surface area contributed by atoms with Gasteiger partial charge in [0.15, 0.2) is 4.77 Å². The molecule has 0 radical (unpaired) electrons. The van der Waals surface area contributed by atoms with Gasteiger partial charge in [-0.1, -0.05) is 30.3 Å². The highest BCUT2D eigenvalue weighted by atomic mass is 32.1. The van der Waals surface area contributed by atoms with Crippen LogP contribution >= 0.6 is 12.2 Å². The van der Waals surface area contributed by atoms with E-state index in [0.717, 1.165) is 29.8 Å². The Hall–Kier alpha value is -2.12. The van der Waals surface area contributed by atoms with E-state index in [0.29, 0.717) is 17.9 Å². The van der Waals surface area contributed by atoms with E-state index < -0.39 is 0 Å². The van der Waals surface area contributed by atoms with E-state index in [1.54, 1.807) is 4.90 Å². The quantitative estimate of drug-likeness (QED) is 0.820. The third-order valence-electron chi connectivity index (χ3n) is 4.68. The van der Waals surface area contributed by atoms with E-state index in [4.69, 9.17) is 17.0 Å². The van der Waals surface area contributed by atoms with Crippen LogP contribution in [0.2, 0.25) is 0 Å². The second kappa shape index (κ2) is 7.84. The van der Waals surface area contributed by atoms with Crippen LogP contribution in [0.4, 0.5) is 4.79 Å². The van der Waals surface area contributed by atoms with Gasteiger partial charge >= 0.3 is 6.09 Å². The number of aromatic nitrogens is 2. The molecule has 1 aromatic carbocycles. The number of hydrogen-bond acceptors (Lipinski definition) is 4. The monoisotopic (exact) mass is 361 g/mol. The molecule has 1 amide bonds. The van der Waals surface area contributed by atoms with Crippen LogP contribution in [0.5, 0.6) is 0 Å². The first-order chi connectivity index (χ1) is 12.1. The van der Waals surface area contributed by atoms with Crippen molar-refractivity contribution in [3.05, 3.63) is 52.1 Å². The van der Waals surface area contributed by atoms with Crippen molar-refractivity contribution in [3.8, 4) is 0 Å². The number of likely N-dealkylation sites (tertiary alicyclic amines) is 1. The first-order valence-corrected chi connectivity index (χ1v) is 8.87. The van der Waals surface area contributed by atoms with E-state index in [2.05, 4.69) is 4.98 Å². The second-order valence-corrected chi connectivity index (χ2v) is 6.68. The maximum absolute atomic E-state index is 12.2. The highest BCUT2D eigenvalue weighted by molar-refractivity contribution is 7.71.